The van der Waals surface area contributed by atoms with Crippen molar-refractivity contribution in [2.45, 2.75) is 64.3 Å². The Labute approximate surface area is 123 Å². The lowest BCUT2D eigenvalue weighted by Gasteiger charge is -2.33. The quantitative estimate of drug-likeness (QED) is 0.868. The van der Waals surface area contributed by atoms with Gasteiger partial charge < -0.3 is 10.6 Å². The molecule has 0 radical (unpaired) electrons. The second-order valence-corrected chi connectivity index (χ2v) is 5.98. The molecule has 3 nitrogen and oxygen atoms in total. The lowest BCUT2D eigenvalue weighted by molar-refractivity contribution is -0.139. The number of carbonyl (C=O) groups is 1. The predicted octanol–water partition coefficient (Wildman–Crippen LogP) is 2.96. The number of carbonyl (C=O) groups excluding carboxylic acids is 1. The average molecular weight is 289 g/mol. The zero-order chi connectivity index (χ0) is 13.0. The van der Waals surface area contributed by atoms with Crippen LogP contribution in [0.3, 0.4) is 0 Å². The van der Waals surface area contributed by atoms with Gasteiger partial charge in [-0.25, -0.2) is 0 Å². The molecule has 2 N–H and O–H groups in total. The largest absolute Gasteiger partial charge is 0.339 e. The summed E-state index contributed by atoms with van der Waals surface area (Å²) in [5.41, 5.74) is 5.82. The van der Waals surface area contributed by atoms with E-state index in [0.29, 0.717) is 24.4 Å². The fourth-order valence-corrected chi connectivity index (χ4v) is 3.75. The van der Waals surface area contributed by atoms with Crippen molar-refractivity contribution in [2.75, 3.05) is 13.1 Å². The van der Waals surface area contributed by atoms with Gasteiger partial charge in [-0.05, 0) is 44.6 Å². The van der Waals surface area contributed by atoms with Crippen molar-refractivity contribution in [1.29, 1.82) is 0 Å². The van der Waals surface area contributed by atoms with Gasteiger partial charge in [0.1, 0.15) is 0 Å². The Balaban J connectivity index is 0.00000180. The first-order valence-corrected chi connectivity index (χ1v) is 7.78. The summed E-state index contributed by atoms with van der Waals surface area (Å²) in [6.45, 7) is 3.87. The molecule has 2 aliphatic rings. The van der Waals surface area contributed by atoms with E-state index in [2.05, 4.69) is 11.8 Å². The van der Waals surface area contributed by atoms with Gasteiger partial charge in [-0.1, -0.05) is 26.2 Å². The maximum absolute atomic E-state index is 12.8. The minimum atomic E-state index is 0. The van der Waals surface area contributed by atoms with Gasteiger partial charge in [0.2, 0.25) is 5.91 Å². The van der Waals surface area contributed by atoms with Crippen LogP contribution in [0.25, 0.3) is 0 Å². The van der Waals surface area contributed by atoms with Crippen molar-refractivity contribution in [1.82, 2.24) is 4.90 Å². The maximum atomic E-state index is 12.8. The van der Waals surface area contributed by atoms with Gasteiger partial charge in [-0.2, -0.15) is 0 Å². The van der Waals surface area contributed by atoms with E-state index in [-0.39, 0.29) is 18.3 Å². The monoisotopic (exact) mass is 288 g/mol. The Morgan fingerprint density at radius 3 is 2.63 bits per heavy atom. The van der Waals surface area contributed by atoms with Gasteiger partial charge in [-0.3, -0.25) is 4.79 Å². The number of hydrogen-bond donors (Lipinski definition) is 1. The molecule has 0 aromatic carbocycles. The van der Waals surface area contributed by atoms with Gasteiger partial charge in [-0.15, -0.1) is 12.4 Å². The molecule has 0 aromatic heterocycles. The summed E-state index contributed by atoms with van der Waals surface area (Å²) in [5.74, 6) is 1.08. The fraction of sp³-hybridized carbons (Fsp3) is 0.933. The second kappa shape index (κ2) is 8.11. The van der Waals surface area contributed by atoms with E-state index < -0.39 is 0 Å². The van der Waals surface area contributed by atoms with Gasteiger partial charge >= 0.3 is 0 Å². The molecule has 0 aromatic rings. The van der Waals surface area contributed by atoms with Crippen LogP contribution in [0.1, 0.15) is 58.3 Å². The van der Waals surface area contributed by atoms with Crippen LogP contribution in [0.15, 0.2) is 0 Å². The fourth-order valence-electron chi connectivity index (χ4n) is 3.75. The molecular weight excluding hydrogens is 260 g/mol. The van der Waals surface area contributed by atoms with Crippen LogP contribution < -0.4 is 5.73 Å². The third-order valence-electron chi connectivity index (χ3n) is 4.91. The Hall–Kier alpha value is -0.280. The first-order valence-electron chi connectivity index (χ1n) is 7.78. The molecule has 1 heterocycles. The van der Waals surface area contributed by atoms with E-state index in [0.717, 1.165) is 25.8 Å². The minimum absolute atomic E-state index is 0. The SMILES string of the molecule is CCC1CCCCCN1C(=O)[C@@H]1CCC[C@@H]1CN.Cl. The Kier molecular flexibility index (Phi) is 7.16. The lowest BCUT2D eigenvalue weighted by atomic mass is 9.93. The highest BCUT2D eigenvalue weighted by Crippen LogP contribution is 2.34. The van der Waals surface area contributed by atoms with Gasteiger partial charge in [0, 0.05) is 18.5 Å². The number of hydrogen-bond acceptors (Lipinski definition) is 2. The number of nitrogens with two attached hydrogens (primary N) is 1. The third-order valence-corrected chi connectivity index (χ3v) is 4.91. The van der Waals surface area contributed by atoms with Gasteiger partial charge in [0.05, 0.1) is 0 Å². The zero-order valence-electron chi connectivity index (χ0n) is 12.1. The van der Waals surface area contributed by atoms with E-state index >= 15 is 0 Å². The number of likely N-dealkylation sites (tertiary alicyclic amines) is 1. The van der Waals surface area contributed by atoms with Crippen molar-refractivity contribution in [2.24, 2.45) is 17.6 Å². The molecule has 3 atom stereocenters. The number of rotatable bonds is 3. The van der Waals surface area contributed by atoms with Crippen LogP contribution in [0, 0.1) is 11.8 Å². The standard InChI is InChI=1S/C15H28N2O.ClH/c1-2-13-8-4-3-5-10-17(13)15(18)14-9-6-7-12(14)11-16;/h12-14H,2-11,16H2,1H3;1H/t12-,13?,14-;/m1./s1. The molecular formula is C15H29ClN2O. The van der Waals surface area contributed by atoms with Crippen LogP contribution in [0.4, 0.5) is 0 Å². The normalized spacial score (nSPS) is 31.7. The third kappa shape index (κ3) is 3.85. The number of nitrogens with zero attached hydrogens (tertiary/aromatic N) is 1. The van der Waals surface area contributed by atoms with E-state index in [1.807, 2.05) is 0 Å². The molecule has 1 saturated carbocycles. The summed E-state index contributed by atoms with van der Waals surface area (Å²) in [6, 6.07) is 0.485. The highest BCUT2D eigenvalue weighted by atomic mass is 35.5. The van der Waals surface area contributed by atoms with Crippen molar-refractivity contribution in [3.05, 3.63) is 0 Å². The van der Waals surface area contributed by atoms with Crippen LogP contribution in [-0.2, 0) is 4.79 Å². The summed E-state index contributed by atoms with van der Waals surface area (Å²) in [4.78, 5) is 15.0. The van der Waals surface area contributed by atoms with Crippen molar-refractivity contribution >= 4 is 18.3 Å². The lowest BCUT2D eigenvalue weighted by Crippen LogP contribution is -2.44. The molecule has 1 aliphatic carbocycles. The molecule has 2 fully saturated rings. The summed E-state index contributed by atoms with van der Waals surface area (Å²) < 4.78 is 0. The van der Waals surface area contributed by atoms with Crippen LogP contribution in [-0.4, -0.2) is 29.9 Å². The van der Waals surface area contributed by atoms with Crippen LogP contribution in [0.5, 0.6) is 0 Å². The first-order chi connectivity index (χ1) is 8.77. The van der Waals surface area contributed by atoms with E-state index in [4.69, 9.17) is 5.73 Å². The minimum Gasteiger partial charge on any atom is -0.339 e. The van der Waals surface area contributed by atoms with Gasteiger partial charge in [0.15, 0.2) is 0 Å². The van der Waals surface area contributed by atoms with Crippen LogP contribution in [0.2, 0.25) is 0 Å². The molecule has 1 amide bonds. The summed E-state index contributed by atoms with van der Waals surface area (Å²) >= 11 is 0. The molecule has 19 heavy (non-hydrogen) atoms. The molecule has 1 unspecified atom stereocenters. The molecule has 1 saturated heterocycles. The zero-order valence-corrected chi connectivity index (χ0v) is 13.0. The maximum Gasteiger partial charge on any atom is 0.226 e. The highest BCUT2D eigenvalue weighted by molar-refractivity contribution is 5.85. The predicted molar refractivity (Wildman–Crippen MR) is 81.4 cm³/mol. The number of halogens is 1. The summed E-state index contributed by atoms with van der Waals surface area (Å²) in [5, 5.41) is 0. The first kappa shape index (κ1) is 16.8. The Morgan fingerprint density at radius 1 is 1.16 bits per heavy atom. The van der Waals surface area contributed by atoms with Crippen LogP contribution >= 0.6 is 12.4 Å². The van der Waals surface area contributed by atoms with E-state index in [9.17, 15) is 4.79 Å². The molecule has 0 bridgehead atoms. The second-order valence-electron chi connectivity index (χ2n) is 5.98. The molecule has 0 spiro atoms. The van der Waals surface area contributed by atoms with Gasteiger partial charge in [0.25, 0.3) is 0 Å². The topological polar surface area (TPSA) is 46.3 Å². The highest BCUT2D eigenvalue weighted by Gasteiger charge is 2.36. The number of amides is 1. The molecule has 4 heteroatoms. The summed E-state index contributed by atoms with van der Waals surface area (Å²) in [7, 11) is 0. The van der Waals surface area contributed by atoms with Crippen molar-refractivity contribution < 1.29 is 4.79 Å². The Morgan fingerprint density at radius 2 is 1.95 bits per heavy atom. The van der Waals surface area contributed by atoms with E-state index in [1.54, 1.807) is 0 Å². The Bertz CT molecular complexity index is 285. The smallest absolute Gasteiger partial charge is 0.226 e. The molecule has 1 aliphatic heterocycles. The molecule has 2 rings (SSSR count). The molecule has 112 valence electrons. The summed E-state index contributed by atoms with van der Waals surface area (Å²) in [6.07, 6.45) is 9.45. The van der Waals surface area contributed by atoms with Crippen molar-refractivity contribution in [3.63, 3.8) is 0 Å². The van der Waals surface area contributed by atoms with Crippen molar-refractivity contribution in [3.8, 4) is 0 Å². The average Bonchev–Trinajstić information content (AvgIpc) is 2.74. The van der Waals surface area contributed by atoms with E-state index in [1.165, 1.54) is 32.1 Å².